The average molecular weight is 210 g/mol. The van der Waals surface area contributed by atoms with Gasteiger partial charge in [0.05, 0.1) is 5.41 Å². The second-order valence-corrected chi connectivity index (χ2v) is 5.56. The van der Waals surface area contributed by atoms with E-state index in [-0.39, 0.29) is 16.9 Å². The van der Waals surface area contributed by atoms with Gasteiger partial charge in [0, 0.05) is 12.1 Å². The molecular formula is C12H22N2O. The van der Waals surface area contributed by atoms with Gasteiger partial charge in [-0.3, -0.25) is 4.79 Å². The van der Waals surface area contributed by atoms with Crippen LogP contribution < -0.4 is 11.1 Å². The van der Waals surface area contributed by atoms with E-state index in [2.05, 4.69) is 12.2 Å². The maximum Gasteiger partial charge on any atom is 0.227 e. The van der Waals surface area contributed by atoms with E-state index in [9.17, 15) is 4.79 Å². The summed E-state index contributed by atoms with van der Waals surface area (Å²) in [6.45, 7) is 2.69. The van der Waals surface area contributed by atoms with Crippen LogP contribution in [0.3, 0.4) is 0 Å². The van der Waals surface area contributed by atoms with E-state index in [0.29, 0.717) is 6.54 Å². The minimum absolute atomic E-state index is 0.0418. The van der Waals surface area contributed by atoms with Gasteiger partial charge in [-0.1, -0.05) is 19.3 Å². The molecule has 3 N–H and O–H groups in total. The SMILES string of the molecule is CC1(NC(=O)C2(CN)CC2)CCCCC1. The Kier molecular flexibility index (Phi) is 2.75. The summed E-state index contributed by atoms with van der Waals surface area (Å²) in [5.74, 6) is 0.203. The fraction of sp³-hybridized carbons (Fsp3) is 0.917. The van der Waals surface area contributed by atoms with Crippen molar-refractivity contribution in [2.45, 2.75) is 57.4 Å². The van der Waals surface area contributed by atoms with Gasteiger partial charge < -0.3 is 11.1 Å². The molecule has 0 saturated heterocycles. The summed E-state index contributed by atoms with van der Waals surface area (Å²) >= 11 is 0. The molecule has 0 aliphatic heterocycles. The predicted octanol–water partition coefficient (Wildman–Crippen LogP) is 1.56. The maximum atomic E-state index is 12.0. The van der Waals surface area contributed by atoms with E-state index in [1.165, 1.54) is 19.3 Å². The van der Waals surface area contributed by atoms with E-state index in [0.717, 1.165) is 25.7 Å². The van der Waals surface area contributed by atoms with E-state index in [1.54, 1.807) is 0 Å². The molecule has 0 bridgehead atoms. The van der Waals surface area contributed by atoms with Crippen LogP contribution in [0.1, 0.15) is 51.9 Å². The van der Waals surface area contributed by atoms with Gasteiger partial charge >= 0.3 is 0 Å². The minimum atomic E-state index is -0.194. The van der Waals surface area contributed by atoms with Crippen LogP contribution in [0.4, 0.5) is 0 Å². The lowest BCUT2D eigenvalue weighted by molar-refractivity contribution is -0.128. The van der Waals surface area contributed by atoms with Crippen molar-refractivity contribution < 1.29 is 4.79 Å². The first-order valence-corrected chi connectivity index (χ1v) is 6.13. The van der Waals surface area contributed by atoms with E-state index >= 15 is 0 Å². The first-order valence-electron chi connectivity index (χ1n) is 6.13. The number of amides is 1. The zero-order chi connectivity index (χ0) is 10.9. The second-order valence-electron chi connectivity index (χ2n) is 5.56. The van der Waals surface area contributed by atoms with Crippen molar-refractivity contribution in [3.05, 3.63) is 0 Å². The van der Waals surface area contributed by atoms with E-state index < -0.39 is 0 Å². The number of hydrogen-bond donors (Lipinski definition) is 2. The Hall–Kier alpha value is -0.570. The standard InChI is InChI=1S/C12H22N2O/c1-11(5-3-2-4-6-11)14-10(15)12(9-13)7-8-12/h2-9,13H2,1H3,(H,14,15). The van der Waals surface area contributed by atoms with Gasteiger partial charge in [0.15, 0.2) is 0 Å². The summed E-state index contributed by atoms with van der Waals surface area (Å²) in [5.41, 5.74) is 5.50. The Morgan fingerprint density at radius 1 is 1.20 bits per heavy atom. The molecule has 0 atom stereocenters. The number of carbonyl (C=O) groups excluding carboxylic acids is 1. The molecule has 2 rings (SSSR count). The lowest BCUT2D eigenvalue weighted by Gasteiger charge is -2.35. The van der Waals surface area contributed by atoms with Gasteiger partial charge in [-0.25, -0.2) is 0 Å². The summed E-state index contributed by atoms with van der Waals surface area (Å²) in [6.07, 6.45) is 8.00. The zero-order valence-corrected chi connectivity index (χ0v) is 9.64. The molecule has 0 unspecified atom stereocenters. The van der Waals surface area contributed by atoms with Crippen LogP contribution in [0, 0.1) is 5.41 Å². The fourth-order valence-electron chi connectivity index (χ4n) is 2.54. The maximum absolute atomic E-state index is 12.0. The van der Waals surface area contributed by atoms with Gasteiger partial charge in [-0.05, 0) is 32.6 Å². The van der Waals surface area contributed by atoms with E-state index in [4.69, 9.17) is 5.73 Å². The topological polar surface area (TPSA) is 55.1 Å². The predicted molar refractivity (Wildman–Crippen MR) is 60.4 cm³/mol. The fourth-order valence-corrected chi connectivity index (χ4v) is 2.54. The molecule has 2 aliphatic carbocycles. The Balaban J connectivity index is 1.93. The third-order valence-corrected chi connectivity index (χ3v) is 4.10. The molecular weight excluding hydrogens is 188 g/mol. The highest BCUT2D eigenvalue weighted by atomic mass is 16.2. The summed E-state index contributed by atoms with van der Waals surface area (Å²) in [5, 5.41) is 3.23. The van der Waals surface area contributed by atoms with Crippen LogP contribution in [0.2, 0.25) is 0 Å². The molecule has 0 heterocycles. The van der Waals surface area contributed by atoms with Crippen LogP contribution in [0.5, 0.6) is 0 Å². The highest BCUT2D eigenvalue weighted by Crippen LogP contribution is 2.45. The first kappa shape index (κ1) is 10.9. The van der Waals surface area contributed by atoms with Crippen LogP contribution in [0.25, 0.3) is 0 Å². The van der Waals surface area contributed by atoms with Crippen molar-refractivity contribution >= 4 is 5.91 Å². The molecule has 3 nitrogen and oxygen atoms in total. The molecule has 2 aliphatic rings. The van der Waals surface area contributed by atoms with Crippen molar-refractivity contribution in [3.63, 3.8) is 0 Å². The monoisotopic (exact) mass is 210 g/mol. The summed E-state index contributed by atoms with van der Waals surface area (Å²) in [6, 6.07) is 0. The van der Waals surface area contributed by atoms with Crippen LogP contribution in [-0.4, -0.2) is 18.0 Å². The number of nitrogens with two attached hydrogens (primary N) is 1. The van der Waals surface area contributed by atoms with Gasteiger partial charge in [-0.15, -0.1) is 0 Å². The lowest BCUT2D eigenvalue weighted by atomic mass is 9.83. The summed E-state index contributed by atoms with van der Waals surface area (Å²) in [7, 11) is 0. The number of rotatable bonds is 3. The van der Waals surface area contributed by atoms with Crippen LogP contribution in [0.15, 0.2) is 0 Å². The molecule has 0 aromatic carbocycles. The lowest BCUT2D eigenvalue weighted by Crippen LogP contribution is -2.51. The molecule has 0 aromatic heterocycles. The van der Waals surface area contributed by atoms with E-state index in [1.807, 2.05) is 0 Å². The first-order chi connectivity index (χ1) is 7.10. The zero-order valence-electron chi connectivity index (χ0n) is 9.64. The van der Waals surface area contributed by atoms with Gasteiger partial charge in [0.2, 0.25) is 5.91 Å². The summed E-state index contributed by atoms with van der Waals surface area (Å²) in [4.78, 5) is 12.0. The van der Waals surface area contributed by atoms with Crippen molar-refractivity contribution in [1.82, 2.24) is 5.32 Å². The highest BCUT2D eigenvalue weighted by Gasteiger charge is 2.50. The largest absolute Gasteiger partial charge is 0.350 e. The molecule has 2 fully saturated rings. The average Bonchev–Trinajstić information content (AvgIpc) is 2.98. The molecule has 1 amide bonds. The summed E-state index contributed by atoms with van der Waals surface area (Å²) < 4.78 is 0. The normalized spacial score (nSPS) is 27.1. The minimum Gasteiger partial charge on any atom is -0.350 e. The van der Waals surface area contributed by atoms with Crippen molar-refractivity contribution in [1.29, 1.82) is 0 Å². The Bertz CT molecular complexity index is 252. The third kappa shape index (κ3) is 2.17. The Labute approximate surface area is 91.8 Å². The molecule has 0 spiro atoms. The molecule has 2 saturated carbocycles. The van der Waals surface area contributed by atoms with Gasteiger partial charge in [0.25, 0.3) is 0 Å². The smallest absolute Gasteiger partial charge is 0.227 e. The van der Waals surface area contributed by atoms with Crippen LogP contribution in [-0.2, 0) is 4.79 Å². The number of hydrogen-bond acceptors (Lipinski definition) is 2. The van der Waals surface area contributed by atoms with Crippen molar-refractivity contribution in [2.24, 2.45) is 11.1 Å². The second kappa shape index (κ2) is 3.78. The molecule has 15 heavy (non-hydrogen) atoms. The van der Waals surface area contributed by atoms with Gasteiger partial charge in [0.1, 0.15) is 0 Å². The number of nitrogens with one attached hydrogen (secondary N) is 1. The van der Waals surface area contributed by atoms with Crippen molar-refractivity contribution in [2.75, 3.05) is 6.54 Å². The Morgan fingerprint density at radius 2 is 1.80 bits per heavy atom. The molecule has 86 valence electrons. The molecule has 0 aromatic rings. The molecule has 3 heteroatoms. The number of carbonyl (C=O) groups is 1. The third-order valence-electron chi connectivity index (χ3n) is 4.10. The highest BCUT2D eigenvalue weighted by molar-refractivity contribution is 5.86. The van der Waals surface area contributed by atoms with Gasteiger partial charge in [-0.2, -0.15) is 0 Å². The quantitative estimate of drug-likeness (QED) is 0.743. The Morgan fingerprint density at radius 3 is 2.27 bits per heavy atom. The molecule has 0 radical (unpaired) electrons. The van der Waals surface area contributed by atoms with Crippen LogP contribution >= 0.6 is 0 Å². The van der Waals surface area contributed by atoms with Crippen molar-refractivity contribution in [3.8, 4) is 0 Å².